The van der Waals surface area contributed by atoms with Gasteiger partial charge in [0, 0.05) is 12.5 Å². The van der Waals surface area contributed by atoms with Crippen molar-refractivity contribution in [1.82, 2.24) is 10.4 Å². The molecule has 0 heterocycles. The van der Waals surface area contributed by atoms with Crippen molar-refractivity contribution in [3.8, 4) is 5.75 Å². The Morgan fingerprint density at radius 2 is 1.50 bits per heavy atom. The number of carbonyl (C=O) groups excluding carboxylic acids is 3. The van der Waals surface area contributed by atoms with E-state index in [0.29, 0.717) is 5.56 Å². The molecule has 136 valence electrons. The van der Waals surface area contributed by atoms with Crippen molar-refractivity contribution in [3.63, 3.8) is 0 Å². The van der Waals surface area contributed by atoms with Crippen LogP contribution in [0.2, 0.25) is 0 Å². The van der Waals surface area contributed by atoms with E-state index in [0.717, 1.165) is 0 Å². The standard InChI is InChI=1S/C20H22N2O4/c1-14(23)26-17-13-9-8-12-16(17)18(24)21-22(20(2,3)4)19(25)15-10-6-5-7-11-15/h5-13H,1-4H3,(H,21,24). The van der Waals surface area contributed by atoms with Crippen LogP contribution in [0.25, 0.3) is 0 Å². The smallest absolute Gasteiger partial charge is 0.308 e. The summed E-state index contributed by atoms with van der Waals surface area (Å²) in [4.78, 5) is 36.8. The minimum absolute atomic E-state index is 0.138. The van der Waals surface area contributed by atoms with E-state index >= 15 is 0 Å². The van der Waals surface area contributed by atoms with Gasteiger partial charge in [-0.2, -0.15) is 0 Å². The highest BCUT2D eigenvalue weighted by molar-refractivity contribution is 6.01. The van der Waals surface area contributed by atoms with Gasteiger partial charge in [0.25, 0.3) is 11.8 Å². The number of amides is 2. The predicted molar refractivity (Wildman–Crippen MR) is 97.6 cm³/mol. The van der Waals surface area contributed by atoms with E-state index in [2.05, 4.69) is 5.43 Å². The van der Waals surface area contributed by atoms with Gasteiger partial charge in [-0.1, -0.05) is 30.3 Å². The highest BCUT2D eigenvalue weighted by Gasteiger charge is 2.30. The fourth-order valence-corrected chi connectivity index (χ4v) is 2.29. The van der Waals surface area contributed by atoms with Gasteiger partial charge in [0.15, 0.2) is 0 Å². The monoisotopic (exact) mass is 354 g/mol. The molecule has 2 amide bonds. The highest BCUT2D eigenvalue weighted by Crippen LogP contribution is 2.20. The van der Waals surface area contributed by atoms with Gasteiger partial charge >= 0.3 is 5.97 Å². The zero-order valence-corrected chi connectivity index (χ0v) is 15.3. The second-order valence-corrected chi connectivity index (χ2v) is 6.71. The van der Waals surface area contributed by atoms with E-state index in [4.69, 9.17) is 4.74 Å². The summed E-state index contributed by atoms with van der Waals surface area (Å²) >= 11 is 0. The van der Waals surface area contributed by atoms with Gasteiger partial charge in [0.1, 0.15) is 5.75 Å². The zero-order chi connectivity index (χ0) is 19.3. The number of rotatable bonds is 3. The third-order valence-corrected chi connectivity index (χ3v) is 3.49. The summed E-state index contributed by atoms with van der Waals surface area (Å²) in [6.45, 7) is 6.69. The van der Waals surface area contributed by atoms with Crippen LogP contribution in [-0.4, -0.2) is 28.3 Å². The first-order valence-electron chi connectivity index (χ1n) is 8.18. The number of nitrogens with zero attached hydrogens (tertiary/aromatic N) is 1. The molecule has 26 heavy (non-hydrogen) atoms. The van der Waals surface area contributed by atoms with E-state index in [9.17, 15) is 14.4 Å². The summed E-state index contributed by atoms with van der Waals surface area (Å²) in [5.41, 5.74) is 2.59. The Bertz CT molecular complexity index is 810. The van der Waals surface area contributed by atoms with Crippen LogP contribution >= 0.6 is 0 Å². The molecule has 0 aliphatic carbocycles. The van der Waals surface area contributed by atoms with Gasteiger partial charge in [-0.25, -0.2) is 5.01 Å². The van der Waals surface area contributed by atoms with Gasteiger partial charge < -0.3 is 4.74 Å². The fraction of sp³-hybridized carbons (Fsp3) is 0.250. The average Bonchev–Trinajstić information content (AvgIpc) is 2.58. The number of carbonyl (C=O) groups is 3. The lowest BCUT2D eigenvalue weighted by atomic mass is 10.1. The van der Waals surface area contributed by atoms with Crippen LogP contribution in [0.1, 0.15) is 48.4 Å². The lowest BCUT2D eigenvalue weighted by Gasteiger charge is -2.35. The molecule has 0 fully saturated rings. The summed E-state index contributed by atoms with van der Waals surface area (Å²) in [6, 6.07) is 15.1. The van der Waals surface area contributed by atoms with Crippen LogP contribution in [0.4, 0.5) is 0 Å². The van der Waals surface area contributed by atoms with Crippen LogP contribution in [0, 0.1) is 0 Å². The maximum atomic E-state index is 12.8. The SMILES string of the molecule is CC(=O)Oc1ccccc1C(=O)NN(C(=O)c1ccccc1)C(C)(C)C. The van der Waals surface area contributed by atoms with Gasteiger partial charge in [-0.3, -0.25) is 19.8 Å². The van der Waals surface area contributed by atoms with E-state index in [1.807, 2.05) is 26.8 Å². The first-order valence-corrected chi connectivity index (χ1v) is 8.18. The normalized spacial score (nSPS) is 10.8. The van der Waals surface area contributed by atoms with E-state index in [1.165, 1.54) is 24.1 Å². The molecule has 6 nitrogen and oxygen atoms in total. The molecule has 0 aliphatic heterocycles. The van der Waals surface area contributed by atoms with Crippen molar-refractivity contribution >= 4 is 17.8 Å². The Hall–Kier alpha value is -3.15. The molecule has 0 bridgehead atoms. The third kappa shape index (κ3) is 4.69. The van der Waals surface area contributed by atoms with Crippen molar-refractivity contribution < 1.29 is 19.1 Å². The third-order valence-electron chi connectivity index (χ3n) is 3.49. The summed E-state index contributed by atoms with van der Waals surface area (Å²) in [5, 5.41) is 1.27. The van der Waals surface area contributed by atoms with Crippen LogP contribution in [0.3, 0.4) is 0 Å². The molecule has 0 radical (unpaired) electrons. The number of nitrogens with one attached hydrogen (secondary N) is 1. The summed E-state index contributed by atoms with van der Waals surface area (Å²) in [5.74, 6) is -1.27. The molecule has 0 aliphatic rings. The first-order chi connectivity index (χ1) is 12.2. The molecule has 1 N–H and O–H groups in total. The largest absolute Gasteiger partial charge is 0.426 e. The maximum Gasteiger partial charge on any atom is 0.308 e. The second kappa shape index (κ2) is 7.82. The molecule has 6 heteroatoms. The molecule has 0 unspecified atom stereocenters. The molecule has 2 aromatic rings. The quantitative estimate of drug-likeness (QED) is 0.522. The average molecular weight is 354 g/mol. The van der Waals surface area contributed by atoms with Crippen LogP contribution in [0.15, 0.2) is 54.6 Å². The topological polar surface area (TPSA) is 75.7 Å². The van der Waals surface area contributed by atoms with Crippen molar-refractivity contribution in [2.75, 3.05) is 0 Å². The Morgan fingerprint density at radius 3 is 2.08 bits per heavy atom. The van der Waals surface area contributed by atoms with Gasteiger partial charge in [0.2, 0.25) is 0 Å². The van der Waals surface area contributed by atoms with Crippen LogP contribution in [0.5, 0.6) is 5.75 Å². The number of para-hydroxylation sites is 1. The number of hydrazine groups is 1. The summed E-state index contributed by atoms with van der Waals surface area (Å²) in [7, 11) is 0. The van der Waals surface area contributed by atoms with E-state index in [-0.39, 0.29) is 17.2 Å². The van der Waals surface area contributed by atoms with E-state index in [1.54, 1.807) is 36.4 Å². The van der Waals surface area contributed by atoms with Gasteiger partial charge in [0.05, 0.1) is 11.1 Å². The molecule has 0 aromatic heterocycles. The summed E-state index contributed by atoms with van der Waals surface area (Å²) < 4.78 is 5.08. The number of hydrogen-bond donors (Lipinski definition) is 1. The Balaban J connectivity index is 2.31. The Labute approximate surface area is 152 Å². The zero-order valence-electron chi connectivity index (χ0n) is 15.3. The van der Waals surface area contributed by atoms with Crippen molar-refractivity contribution in [1.29, 1.82) is 0 Å². The van der Waals surface area contributed by atoms with Gasteiger partial charge in [-0.05, 0) is 45.0 Å². The number of benzene rings is 2. The van der Waals surface area contributed by atoms with E-state index < -0.39 is 17.4 Å². The van der Waals surface area contributed by atoms with Gasteiger partial charge in [-0.15, -0.1) is 0 Å². The Kier molecular flexibility index (Phi) is 5.77. The molecule has 0 saturated carbocycles. The molecular weight excluding hydrogens is 332 g/mol. The molecule has 2 aromatic carbocycles. The number of ether oxygens (including phenoxy) is 1. The maximum absolute atomic E-state index is 12.8. The minimum Gasteiger partial charge on any atom is -0.426 e. The number of hydrogen-bond acceptors (Lipinski definition) is 4. The van der Waals surface area contributed by atoms with Crippen LogP contribution < -0.4 is 10.2 Å². The van der Waals surface area contributed by atoms with Crippen LogP contribution in [-0.2, 0) is 4.79 Å². The summed E-state index contributed by atoms with van der Waals surface area (Å²) in [6.07, 6.45) is 0. The molecular formula is C20H22N2O4. The predicted octanol–water partition coefficient (Wildman–Crippen LogP) is 3.20. The highest BCUT2D eigenvalue weighted by atomic mass is 16.5. The Morgan fingerprint density at radius 1 is 0.923 bits per heavy atom. The minimum atomic E-state index is -0.668. The van der Waals surface area contributed by atoms with Crippen molar-refractivity contribution in [2.24, 2.45) is 0 Å². The lowest BCUT2D eigenvalue weighted by Crippen LogP contribution is -2.55. The lowest BCUT2D eigenvalue weighted by molar-refractivity contribution is -0.131. The first kappa shape index (κ1) is 19.2. The molecule has 0 atom stereocenters. The molecule has 0 saturated heterocycles. The number of esters is 1. The van der Waals surface area contributed by atoms with Crippen molar-refractivity contribution in [2.45, 2.75) is 33.2 Å². The fourth-order valence-electron chi connectivity index (χ4n) is 2.29. The molecule has 0 spiro atoms. The second-order valence-electron chi connectivity index (χ2n) is 6.71. The van der Waals surface area contributed by atoms with Crippen molar-refractivity contribution in [3.05, 3.63) is 65.7 Å². The molecule has 2 rings (SSSR count).